The molecule has 3 aromatic rings. The van der Waals surface area contributed by atoms with Gasteiger partial charge in [-0.15, -0.1) is 5.10 Å². The van der Waals surface area contributed by atoms with Gasteiger partial charge in [-0.25, -0.2) is 4.98 Å². The number of rotatable bonds is 7. The smallest absolute Gasteiger partial charge is 0.254 e. The Morgan fingerprint density at radius 1 is 1.26 bits per heavy atom. The number of nitrogens with one attached hydrogen (secondary N) is 1. The topological polar surface area (TPSA) is 71.5 Å². The van der Waals surface area contributed by atoms with Crippen LogP contribution < -0.4 is 5.32 Å². The van der Waals surface area contributed by atoms with Gasteiger partial charge in [-0.3, -0.25) is 0 Å². The monoisotopic (exact) mass is 314 g/mol. The molecule has 0 radical (unpaired) electrons. The van der Waals surface area contributed by atoms with Gasteiger partial charge >= 0.3 is 0 Å². The van der Waals surface area contributed by atoms with Crippen LogP contribution in [0, 0.1) is 6.92 Å². The van der Waals surface area contributed by atoms with E-state index in [4.69, 9.17) is 4.42 Å². The van der Waals surface area contributed by atoms with Gasteiger partial charge in [0, 0.05) is 24.8 Å². The molecule has 23 heavy (non-hydrogen) atoms. The molecule has 0 aliphatic rings. The van der Waals surface area contributed by atoms with Gasteiger partial charge in [0.2, 0.25) is 5.82 Å². The number of fused-ring (bicyclic) bond motifs is 1. The average Bonchev–Trinajstić information content (AvgIpc) is 3.20. The zero-order valence-corrected chi connectivity index (χ0v) is 13.8. The summed E-state index contributed by atoms with van der Waals surface area (Å²) in [5.74, 6) is 2.65. The fourth-order valence-electron chi connectivity index (χ4n) is 2.50. The molecule has 0 amide bonds. The van der Waals surface area contributed by atoms with Crippen LogP contribution in [-0.4, -0.2) is 50.7 Å². The molecule has 0 saturated heterocycles. The summed E-state index contributed by atoms with van der Waals surface area (Å²) in [5.41, 5.74) is 0.904. The van der Waals surface area contributed by atoms with Crippen molar-refractivity contribution >= 4 is 11.6 Å². The van der Waals surface area contributed by atoms with E-state index >= 15 is 0 Å². The van der Waals surface area contributed by atoms with Crippen LogP contribution in [0.3, 0.4) is 0 Å². The third kappa shape index (κ3) is 3.34. The summed E-state index contributed by atoms with van der Waals surface area (Å²) in [7, 11) is 0. The fourth-order valence-corrected chi connectivity index (χ4v) is 2.50. The molecular formula is C16H22N6O. The third-order valence-corrected chi connectivity index (χ3v) is 3.81. The Balaban J connectivity index is 1.84. The minimum atomic E-state index is 0.542. The van der Waals surface area contributed by atoms with Gasteiger partial charge in [0.05, 0.1) is 6.26 Å². The molecule has 0 aromatic carbocycles. The normalized spacial score (nSPS) is 11.5. The van der Waals surface area contributed by atoms with E-state index in [1.807, 2.05) is 25.1 Å². The number of furan rings is 1. The van der Waals surface area contributed by atoms with Gasteiger partial charge < -0.3 is 14.6 Å². The van der Waals surface area contributed by atoms with Gasteiger partial charge in [0.25, 0.3) is 5.78 Å². The van der Waals surface area contributed by atoms with Crippen LogP contribution in [0.25, 0.3) is 17.4 Å². The number of anilines is 1. The van der Waals surface area contributed by atoms with E-state index < -0.39 is 0 Å². The van der Waals surface area contributed by atoms with Crippen molar-refractivity contribution in [2.75, 3.05) is 31.5 Å². The first-order valence-corrected chi connectivity index (χ1v) is 7.95. The molecule has 0 aliphatic heterocycles. The molecule has 0 saturated carbocycles. The summed E-state index contributed by atoms with van der Waals surface area (Å²) in [4.78, 5) is 11.3. The van der Waals surface area contributed by atoms with Gasteiger partial charge in [-0.1, -0.05) is 13.8 Å². The highest BCUT2D eigenvalue weighted by molar-refractivity contribution is 5.53. The Morgan fingerprint density at radius 2 is 2.09 bits per heavy atom. The highest BCUT2D eigenvalue weighted by Gasteiger charge is 2.13. The van der Waals surface area contributed by atoms with Crippen LogP contribution in [0.4, 0.5) is 5.82 Å². The lowest BCUT2D eigenvalue weighted by molar-refractivity contribution is 0.316. The van der Waals surface area contributed by atoms with E-state index in [1.165, 1.54) is 0 Å². The molecule has 0 fully saturated rings. The summed E-state index contributed by atoms with van der Waals surface area (Å²) in [5, 5.41) is 7.94. The molecule has 0 aliphatic carbocycles. The van der Waals surface area contributed by atoms with Crippen molar-refractivity contribution in [2.24, 2.45) is 0 Å². The molecule has 0 spiro atoms. The summed E-state index contributed by atoms with van der Waals surface area (Å²) >= 11 is 0. The standard InChI is InChI=1S/C16H22N6O/c1-4-21(5-2)9-8-17-14-11-12(3)18-16-19-15(20-22(14)16)13-7-6-10-23-13/h6-7,10-11,17H,4-5,8-9H2,1-3H3. The van der Waals surface area contributed by atoms with Crippen molar-refractivity contribution in [1.29, 1.82) is 0 Å². The van der Waals surface area contributed by atoms with Crippen LogP contribution in [-0.2, 0) is 0 Å². The van der Waals surface area contributed by atoms with Crippen LogP contribution in [0.5, 0.6) is 0 Å². The Morgan fingerprint density at radius 3 is 2.78 bits per heavy atom. The number of aromatic nitrogens is 4. The van der Waals surface area contributed by atoms with E-state index in [0.717, 1.165) is 37.7 Å². The van der Waals surface area contributed by atoms with Crippen LogP contribution in [0.15, 0.2) is 28.9 Å². The molecule has 0 bridgehead atoms. The second-order valence-corrected chi connectivity index (χ2v) is 5.36. The van der Waals surface area contributed by atoms with E-state index in [0.29, 0.717) is 17.4 Å². The minimum absolute atomic E-state index is 0.542. The SMILES string of the molecule is CCN(CC)CCNc1cc(C)nc2nc(-c3ccco3)nn12. The molecule has 122 valence electrons. The largest absolute Gasteiger partial charge is 0.461 e. The minimum Gasteiger partial charge on any atom is -0.461 e. The Bertz CT molecular complexity index is 760. The molecule has 3 aromatic heterocycles. The average molecular weight is 314 g/mol. The van der Waals surface area contributed by atoms with Crippen molar-refractivity contribution in [3.05, 3.63) is 30.2 Å². The zero-order valence-electron chi connectivity index (χ0n) is 13.8. The number of nitrogens with zero attached hydrogens (tertiary/aromatic N) is 5. The van der Waals surface area contributed by atoms with Crippen LogP contribution in [0.2, 0.25) is 0 Å². The molecule has 3 heterocycles. The van der Waals surface area contributed by atoms with E-state index in [-0.39, 0.29) is 0 Å². The van der Waals surface area contributed by atoms with Gasteiger partial charge in [-0.05, 0) is 32.1 Å². The molecule has 0 atom stereocenters. The van der Waals surface area contributed by atoms with E-state index in [9.17, 15) is 0 Å². The number of likely N-dealkylation sites (N-methyl/N-ethyl adjacent to an activating group) is 1. The quantitative estimate of drug-likeness (QED) is 0.722. The van der Waals surface area contributed by atoms with Gasteiger partial charge in [-0.2, -0.15) is 9.50 Å². The number of hydrogen-bond donors (Lipinski definition) is 1. The molecule has 1 N–H and O–H groups in total. The predicted octanol–water partition coefficient (Wildman–Crippen LogP) is 2.45. The van der Waals surface area contributed by atoms with Crippen molar-refractivity contribution in [1.82, 2.24) is 24.5 Å². The molecule has 3 rings (SSSR count). The van der Waals surface area contributed by atoms with Gasteiger partial charge in [0.15, 0.2) is 5.76 Å². The maximum absolute atomic E-state index is 5.37. The van der Waals surface area contributed by atoms with E-state index in [1.54, 1.807) is 10.8 Å². The lowest BCUT2D eigenvalue weighted by Gasteiger charge is -2.18. The lowest BCUT2D eigenvalue weighted by atomic mass is 10.4. The highest BCUT2D eigenvalue weighted by Crippen LogP contribution is 2.18. The molecule has 7 nitrogen and oxygen atoms in total. The van der Waals surface area contributed by atoms with Crippen LogP contribution in [0.1, 0.15) is 19.5 Å². The third-order valence-electron chi connectivity index (χ3n) is 3.81. The van der Waals surface area contributed by atoms with Crippen molar-refractivity contribution < 1.29 is 4.42 Å². The second-order valence-electron chi connectivity index (χ2n) is 5.36. The van der Waals surface area contributed by atoms with Crippen molar-refractivity contribution in [3.63, 3.8) is 0 Å². The fraction of sp³-hybridized carbons (Fsp3) is 0.438. The van der Waals surface area contributed by atoms with Gasteiger partial charge in [0.1, 0.15) is 5.82 Å². The summed E-state index contributed by atoms with van der Waals surface area (Å²) in [6, 6.07) is 5.65. The van der Waals surface area contributed by atoms with Crippen molar-refractivity contribution in [3.8, 4) is 11.6 Å². The first kappa shape index (κ1) is 15.5. The number of aryl methyl sites for hydroxylation is 1. The maximum atomic E-state index is 5.37. The van der Waals surface area contributed by atoms with E-state index in [2.05, 4.69) is 39.1 Å². The Labute approximate surface area is 135 Å². The summed E-state index contributed by atoms with van der Waals surface area (Å²) in [6.45, 7) is 10.2. The lowest BCUT2D eigenvalue weighted by Crippen LogP contribution is -2.29. The molecular weight excluding hydrogens is 292 g/mol. The highest BCUT2D eigenvalue weighted by atomic mass is 16.3. The Hall–Kier alpha value is -2.41. The number of hydrogen-bond acceptors (Lipinski definition) is 6. The molecule has 7 heteroatoms. The summed E-state index contributed by atoms with van der Waals surface area (Å²) < 4.78 is 7.10. The maximum Gasteiger partial charge on any atom is 0.254 e. The Kier molecular flexibility index (Phi) is 4.57. The first-order chi connectivity index (χ1) is 11.2. The van der Waals surface area contributed by atoms with Crippen molar-refractivity contribution in [2.45, 2.75) is 20.8 Å². The van der Waals surface area contributed by atoms with Crippen LogP contribution >= 0.6 is 0 Å². The first-order valence-electron chi connectivity index (χ1n) is 7.95. The second kappa shape index (κ2) is 6.78. The molecule has 0 unspecified atom stereocenters. The predicted molar refractivity (Wildman–Crippen MR) is 89.5 cm³/mol. The summed E-state index contributed by atoms with van der Waals surface area (Å²) in [6.07, 6.45) is 1.61. The zero-order chi connectivity index (χ0) is 16.2.